The van der Waals surface area contributed by atoms with Crippen molar-refractivity contribution in [2.75, 3.05) is 17.7 Å². The number of amides is 2. The molecule has 2 rings (SSSR count). The van der Waals surface area contributed by atoms with E-state index in [4.69, 9.17) is 27.9 Å². The zero-order valence-electron chi connectivity index (χ0n) is 13.6. The molecule has 0 aliphatic heterocycles. The molecule has 7 heteroatoms. The summed E-state index contributed by atoms with van der Waals surface area (Å²) in [6.45, 7) is 1.43. The molecule has 2 aromatic carbocycles. The van der Waals surface area contributed by atoms with Crippen LogP contribution in [0.15, 0.2) is 42.5 Å². The van der Waals surface area contributed by atoms with E-state index in [0.717, 1.165) is 0 Å². The number of methoxy groups -OCH3 is 1. The summed E-state index contributed by atoms with van der Waals surface area (Å²) in [5.41, 5.74) is 1.84. The van der Waals surface area contributed by atoms with Crippen LogP contribution in [0.1, 0.15) is 12.5 Å². The summed E-state index contributed by atoms with van der Waals surface area (Å²) in [6, 6.07) is 9.98. The minimum absolute atomic E-state index is 0.158. The monoisotopic (exact) mass is 378 g/mol. The van der Waals surface area contributed by atoms with E-state index in [-0.39, 0.29) is 11.8 Å². The molecule has 0 unspecified atom stereocenters. The van der Waals surface area contributed by atoms with E-state index in [9.17, 15) is 9.59 Å². The van der Waals surface area contributed by atoms with Gasteiger partial charge in [-0.05, 0) is 42.5 Å². The van der Waals surface area contributed by atoms with E-state index in [1.807, 2.05) is 0 Å². The van der Waals surface area contributed by atoms with Gasteiger partial charge in [-0.25, -0.2) is 0 Å². The fourth-order valence-corrected chi connectivity index (χ4v) is 2.70. The lowest BCUT2D eigenvalue weighted by Gasteiger charge is -2.08. The Morgan fingerprint density at radius 1 is 1.04 bits per heavy atom. The molecule has 130 valence electrons. The van der Waals surface area contributed by atoms with Gasteiger partial charge in [0.25, 0.3) is 0 Å². The number of ether oxygens (including phenoxy) is 1. The van der Waals surface area contributed by atoms with Gasteiger partial charge in [0, 0.05) is 35.0 Å². The second-order valence-electron chi connectivity index (χ2n) is 5.09. The summed E-state index contributed by atoms with van der Waals surface area (Å²) in [5, 5.41) is 6.17. The normalized spacial score (nSPS) is 10.6. The van der Waals surface area contributed by atoms with Crippen molar-refractivity contribution in [2.24, 2.45) is 0 Å². The highest BCUT2D eigenvalue weighted by molar-refractivity contribution is 6.36. The zero-order valence-corrected chi connectivity index (χ0v) is 15.1. The number of nitrogens with one attached hydrogen (secondary N) is 2. The predicted molar refractivity (Wildman–Crippen MR) is 101 cm³/mol. The van der Waals surface area contributed by atoms with Gasteiger partial charge < -0.3 is 15.4 Å². The standard InChI is InChI=1S/C18H16Cl2N2O3/c1-11(23)21-14-4-6-15(7-5-14)22-17(24)8-3-12-9-13(19)10-16(20)18(12)25-2/h3-10H,1-2H3,(H,21,23)(H,22,24)/b8-3+. The van der Waals surface area contributed by atoms with E-state index in [2.05, 4.69) is 10.6 Å². The van der Waals surface area contributed by atoms with Crippen molar-refractivity contribution in [3.8, 4) is 5.75 Å². The van der Waals surface area contributed by atoms with Crippen LogP contribution in [0.4, 0.5) is 11.4 Å². The molecule has 0 aliphatic carbocycles. The number of hydrogen-bond acceptors (Lipinski definition) is 3. The predicted octanol–water partition coefficient (Wildman–Crippen LogP) is 4.61. The van der Waals surface area contributed by atoms with Crippen molar-refractivity contribution in [2.45, 2.75) is 6.92 Å². The first kappa shape index (κ1) is 18.8. The van der Waals surface area contributed by atoms with E-state index < -0.39 is 0 Å². The summed E-state index contributed by atoms with van der Waals surface area (Å²) in [4.78, 5) is 23.0. The first-order valence-electron chi connectivity index (χ1n) is 7.29. The molecular formula is C18H16Cl2N2O3. The minimum atomic E-state index is -0.328. The summed E-state index contributed by atoms with van der Waals surface area (Å²) < 4.78 is 5.22. The molecule has 0 spiro atoms. The Labute approximate surface area is 155 Å². The number of anilines is 2. The number of benzene rings is 2. The molecule has 5 nitrogen and oxygen atoms in total. The summed E-state index contributed by atoms with van der Waals surface area (Å²) in [5.74, 6) is -0.0472. The quantitative estimate of drug-likeness (QED) is 0.746. The van der Waals surface area contributed by atoms with Crippen LogP contribution in [-0.2, 0) is 9.59 Å². The first-order chi connectivity index (χ1) is 11.9. The Kier molecular flexibility index (Phi) is 6.44. The average molecular weight is 379 g/mol. The molecular weight excluding hydrogens is 363 g/mol. The van der Waals surface area contributed by atoms with Crippen LogP contribution in [0.5, 0.6) is 5.75 Å². The summed E-state index contributed by atoms with van der Waals surface area (Å²) in [7, 11) is 1.49. The molecule has 2 amide bonds. The largest absolute Gasteiger partial charge is 0.495 e. The molecule has 25 heavy (non-hydrogen) atoms. The highest BCUT2D eigenvalue weighted by Gasteiger charge is 2.08. The van der Waals surface area contributed by atoms with Crippen molar-refractivity contribution >= 4 is 52.5 Å². The number of carbonyl (C=O) groups excluding carboxylic acids is 2. The first-order valence-corrected chi connectivity index (χ1v) is 8.04. The molecule has 0 aromatic heterocycles. The molecule has 0 fully saturated rings. The van der Waals surface area contributed by atoms with Crippen molar-refractivity contribution in [1.29, 1.82) is 0 Å². The van der Waals surface area contributed by atoms with Gasteiger partial charge in [-0.2, -0.15) is 0 Å². The fourth-order valence-electron chi connectivity index (χ4n) is 2.11. The molecule has 0 saturated heterocycles. The maximum absolute atomic E-state index is 12.0. The summed E-state index contributed by atoms with van der Waals surface area (Å²) >= 11 is 12.0. The third-order valence-corrected chi connectivity index (χ3v) is 3.63. The maximum Gasteiger partial charge on any atom is 0.248 e. The number of rotatable bonds is 5. The highest BCUT2D eigenvalue weighted by Crippen LogP contribution is 2.32. The minimum Gasteiger partial charge on any atom is -0.495 e. The Balaban J connectivity index is 2.07. The fraction of sp³-hybridized carbons (Fsp3) is 0.111. The number of hydrogen-bond donors (Lipinski definition) is 2. The van der Waals surface area contributed by atoms with E-state index in [0.29, 0.717) is 32.7 Å². The molecule has 0 saturated carbocycles. The molecule has 0 atom stereocenters. The zero-order chi connectivity index (χ0) is 18.4. The molecule has 2 N–H and O–H groups in total. The number of halogens is 2. The van der Waals surface area contributed by atoms with Gasteiger partial charge in [0.2, 0.25) is 11.8 Å². The van der Waals surface area contributed by atoms with Gasteiger partial charge in [-0.15, -0.1) is 0 Å². The average Bonchev–Trinajstić information content (AvgIpc) is 2.54. The van der Waals surface area contributed by atoms with Crippen LogP contribution in [0, 0.1) is 0 Å². The van der Waals surface area contributed by atoms with Gasteiger partial charge in [0.15, 0.2) is 0 Å². The van der Waals surface area contributed by atoms with Crippen LogP contribution in [0.2, 0.25) is 10.0 Å². The highest BCUT2D eigenvalue weighted by atomic mass is 35.5. The molecule has 0 heterocycles. The lowest BCUT2D eigenvalue weighted by atomic mass is 10.2. The van der Waals surface area contributed by atoms with Crippen LogP contribution >= 0.6 is 23.2 Å². The third kappa shape index (κ3) is 5.52. The van der Waals surface area contributed by atoms with Crippen LogP contribution in [0.3, 0.4) is 0 Å². The van der Waals surface area contributed by atoms with Crippen molar-refractivity contribution < 1.29 is 14.3 Å². The van der Waals surface area contributed by atoms with Gasteiger partial charge in [0.1, 0.15) is 5.75 Å². The van der Waals surface area contributed by atoms with Crippen molar-refractivity contribution in [3.63, 3.8) is 0 Å². The molecule has 0 aliphatic rings. The topological polar surface area (TPSA) is 67.4 Å². The van der Waals surface area contributed by atoms with Crippen molar-refractivity contribution in [1.82, 2.24) is 0 Å². The van der Waals surface area contributed by atoms with E-state index in [1.165, 1.54) is 20.1 Å². The lowest BCUT2D eigenvalue weighted by Crippen LogP contribution is -2.08. The third-order valence-electron chi connectivity index (χ3n) is 3.13. The Hall–Kier alpha value is -2.50. The van der Waals surface area contributed by atoms with Crippen molar-refractivity contribution in [3.05, 3.63) is 58.1 Å². The Morgan fingerprint density at radius 2 is 1.64 bits per heavy atom. The maximum atomic E-state index is 12.0. The SMILES string of the molecule is COc1c(Cl)cc(Cl)cc1/C=C/C(=O)Nc1ccc(NC(C)=O)cc1. The molecule has 0 radical (unpaired) electrons. The van der Waals surface area contributed by atoms with Gasteiger partial charge in [-0.3, -0.25) is 9.59 Å². The smallest absolute Gasteiger partial charge is 0.248 e. The number of carbonyl (C=O) groups is 2. The summed E-state index contributed by atoms with van der Waals surface area (Å²) in [6.07, 6.45) is 2.92. The van der Waals surface area contributed by atoms with Gasteiger partial charge in [0.05, 0.1) is 12.1 Å². The molecule has 2 aromatic rings. The van der Waals surface area contributed by atoms with Crippen LogP contribution in [0.25, 0.3) is 6.08 Å². The second-order valence-corrected chi connectivity index (χ2v) is 5.93. The van der Waals surface area contributed by atoms with Gasteiger partial charge in [-0.1, -0.05) is 23.2 Å². The van der Waals surface area contributed by atoms with Crippen LogP contribution in [-0.4, -0.2) is 18.9 Å². The van der Waals surface area contributed by atoms with Crippen LogP contribution < -0.4 is 15.4 Å². The molecule has 0 bridgehead atoms. The Bertz CT molecular complexity index is 818. The van der Waals surface area contributed by atoms with E-state index >= 15 is 0 Å². The lowest BCUT2D eigenvalue weighted by molar-refractivity contribution is -0.114. The van der Waals surface area contributed by atoms with E-state index in [1.54, 1.807) is 42.5 Å². The van der Waals surface area contributed by atoms with Gasteiger partial charge >= 0.3 is 0 Å². The second kappa shape index (κ2) is 8.55. The Morgan fingerprint density at radius 3 is 2.20 bits per heavy atom.